The first-order valence-corrected chi connectivity index (χ1v) is 9.24. The van der Waals surface area contributed by atoms with Gasteiger partial charge in [0.25, 0.3) is 5.91 Å². The highest BCUT2D eigenvalue weighted by Crippen LogP contribution is 2.19. The minimum atomic E-state index is -0.398. The third-order valence-electron chi connectivity index (χ3n) is 4.54. The number of carbonyl (C=O) groups is 2. The van der Waals surface area contributed by atoms with Gasteiger partial charge in [-0.3, -0.25) is 9.59 Å². The van der Waals surface area contributed by atoms with Crippen LogP contribution in [0, 0.1) is 0 Å². The summed E-state index contributed by atoms with van der Waals surface area (Å²) in [6, 6.07) is 17.9. The molecular weight excluding hydrogens is 342 g/mol. The Kier molecular flexibility index (Phi) is 6.24. The van der Waals surface area contributed by atoms with Gasteiger partial charge in [-0.2, -0.15) is 0 Å². The molecule has 142 valence electrons. The Morgan fingerprint density at radius 2 is 1.56 bits per heavy atom. The molecule has 2 atom stereocenters. The summed E-state index contributed by atoms with van der Waals surface area (Å²) in [7, 11) is 0. The minimum absolute atomic E-state index is 0.00321. The molecule has 1 amide bonds. The van der Waals surface area contributed by atoms with Crippen LogP contribution in [-0.4, -0.2) is 48.7 Å². The van der Waals surface area contributed by atoms with Crippen LogP contribution in [0.5, 0.6) is 0 Å². The highest BCUT2D eigenvalue weighted by Gasteiger charge is 2.26. The lowest BCUT2D eigenvalue weighted by Gasteiger charge is -2.35. The molecule has 2 aromatic rings. The van der Waals surface area contributed by atoms with Crippen LogP contribution in [-0.2, 0) is 25.5 Å². The number of ether oxygens (including phenoxy) is 2. The molecule has 1 fully saturated rings. The molecule has 0 unspecified atom stereocenters. The molecular formula is C22H25NO4. The fourth-order valence-corrected chi connectivity index (χ4v) is 3.28. The third kappa shape index (κ3) is 5.41. The molecule has 1 aliphatic heterocycles. The predicted molar refractivity (Wildman–Crippen MR) is 103 cm³/mol. The Morgan fingerprint density at radius 1 is 0.963 bits per heavy atom. The number of benzene rings is 2. The molecule has 27 heavy (non-hydrogen) atoms. The molecule has 0 bridgehead atoms. The lowest BCUT2D eigenvalue weighted by atomic mass is 10.0. The van der Waals surface area contributed by atoms with Crippen molar-refractivity contribution in [1.29, 1.82) is 0 Å². The van der Waals surface area contributed by atoms with Crippen LogP contribution in [0.15, 0.2) is 54.6 Å². The summed E-state index contributed by atoms with van der Waals surface area (Å²) >= 11 is 0. The van der Waals surface area contributed by atoms with Crippen LogP contribution in [0.25, 0.3) is 11.1 Å². The normalized spacial score (nSPS) is 19.6. The summed E-state index contributed by atoms with van der Waals surface area (Å²) in [4.78, 5) is 26.0. The highest BCUT2D eigenvalue weighted by molar-refractivity contribution is 5.81. The fraction of sp³-hybridized carbons (Fsp3) is 0.364. The molecule has 1 aliphatic rings. The van der Waals surface area contributed by atoms with E-state index in [2.05, 4.69) is 0 Å². The van der Waals surface area contributed by atoms with Crippen LogP contribution >= 0.6 is 0 Å². The zero-order valence-corrected chi connectivity index (χ0v) is 15.8. The maximum atomic E-state index is 12.2. The SMILES string of the molecule is C[C@@H]1CN(C(=O)COC(=O)Cc2ccc(-c3ccccc3)cc2)C[C@H](C)O1. The van der Waals surface area contributed by atoms with E-state index in [1.807, 2.05) is 68.4 Å². The lowest BCUT2D eigenvalue weighted by molar-refractivity contribution is -0.156. The molecule has 2 aromatic carbocycles. The molecule has 3 rings (SSSR count). The third-order valence-corrected chi connectivity index (χ3v) is 4.54. The van der Waals surface area contributed by atoms with E-state index in [1.54, 1.807) is 4.90 Å². The monoisotopic (exact) mass is 367 g/mol. The lowest BCUT2D eigenvalue weighted by Crippen LogP contribution is -2.49. The Labute approximate surface area is 159 Å². The van der Waals surface area contributed by atoms with Gasteiger partial charge in [0.05, 0.1) is 18.6 Å². The van der Waals surface area contributed by atoms with Crippen LogP contribution in [0.3, 0.4) is 0 Å². The van der Waals surface area contributed by atoms with Gasteiger partial charge in [-0.25, -0.2) is 0 Å². The van der Waals surface area contributed by atoms with Crippen LogP contribution < -0.4 is 0 Å². The van der Waals surface area contributed by atoms with Crippen molar-refractivity contribution in [3.8, 4) is 11.1 Å². The molecule has 0 N–H and O–H groups in total. The second-order valence-corrected chi connectivity index (χ2v) is 6.96. The van der Waals surface area contributed by atoms with Gasteiger partial charge in [-0.15, -0.1) is 0 Å². The van der Waals surface area contributed by atoms with Gasteiger partial charge < -0.3 is 14.4 Å². The minimum Gasteiger partial charge on any atom is -0.455 e. The van der Waals surface area contributed by atoms with E-state index in [0.29, 0.717) is 13.1 Å². The number of nitrogens with zero attached hydrogens (tertiary/aromatic N) is 1. The molecule has 0 aromatic heterocycles. The van der Waals surface area contributed by atoms with E-state index >= 15 is 0 Å². The van der Waals surface area contributed by atoms with E-state index in [4.69, 9.17) is 9.47 Å². The van der Waals surface area contributed by atoms with Crippen molar-refractivity contribution in [3.05, 3.63) is 60.2 Å². The number of morpholine rings is 1. The molecule has 0 spiro atoms. The van der Waals surface area contributed by atoms with E-state index < -0.39 is 5.97 Å². The molecule has 1 heterocycles. The van der Waals surface area contributed by atoms with Crippen molar-refractivity contribution >= 4 is 11.9 Å². The Hall–Kier alpha value is -2.66. The topological polar surface area (TPSA) is 55.8 Å². The molecule has 0 saturated carbocycles. The summed E-state index contributed by atoms with van der Waals surface area (Å²) in [6.07, 6.45) is 0.145. The molecule has 0 radical (unpaired) electrons. The van der Waals surface area contributed by atoms with Gasteiger partial charge in [0.15, 0.2) is 6.61 Å². The number of rotatable bonds is 5. The fourth-order valence-electron chi connectivity index (χ4n) is 3.28. The first-order valence-electron chi connectivity index (χ1n) is 9.24. The van der Waals surface area contributed by atoms with Crippen LogP contribution in [0.1, 0.15) is 19.4 Å². The Morgan fingerprint density at radius 3 is 2.19 bits per heavy atom. The maximum absolute atomic E-state index is 12.2. The van der Waals surface area contributed by atoms with Crippen molar-refractivity contribution in [2.24, 2.45) is 0 Å². The van der Waals surface area contributed by atoms with E-state index in [0.717, 1.165) is 16.7 Å². The maximum Gasteiger partial charge on any atom is 0.310 e. The quantitative estimate of drug-likeness (QED) is 0.762. The first-order chi connectivity index (χ1) is 13.0. The van der Waals surface area contributed by atoms with Gasteiger partial charge in [-0.1, -0.05) is 54.6 Å². The van der Waals surface area contributed by atoms with Crippen molar-refractivity contribution < 1.29 is 19.1 Å². The van der Waals surface area contributed by atoms with Crippen molar-refractivity contribution in [3.63, 3.8) is 0 Å². The van der Waals surface area contributed by atoms with Gasteiger partial charge in [0.1, 0.15) is 0 Å². The van der Waals surface area contributed by atoms with Crippen molar-refractivity contribution in [2.75, 3.05) is 19.7 Å². The van der Waals surface area contributed by atoms with E-state index in [1.165, 1.54) is 0 Å². The van der Waals surface area contributed by atoms with E-state index in [-0.39, 0.29) is 31.1 Å². The van der Waals surface area contributed by atoms with Gasteiger partial charge in [-0.05, 0) is 30.5 Å². The summed E-state index contributed by atoms with van der Waals surface area (Å²) in [6.45, 7) is 4.70. The molecule has 5 heteroatoms. The highest BCUT2D eigenvalue weighted by atomic mass is 16.5. The molecule has 0 aliphatic carbocycles. The summed E-state index contributed by atoms with van der Waals surface area (Å²) in [5.41, 5.74) is 3.09. The van der Waals surface area contributed by atoms with Gasteiger partial charge in [0, 0.05) is 13.1 Å². The summed E-state index contributed by atoms with van der Waals surface area (Å²) in [5.74, 6) is -0.574. The average molecular weight is 367 g/mol. The van der Waals surface area contributed by atoms with Crippen LogP contribution in [0.2, 0.25) is 0 Å². The first kappa shape index (κ1) is 19.1. The van der Waals surface area contributed by atoms with Gasteiger partial charge in [0.2, 0.25) is 0 Å². The summed E-state index contributed by atoms with van der Waals surface area (Å²) < 4.78 is 10.8. The number of esters is 1. The zero-order valence-electron chi connectivity index (χ0n) is 15.8. The van der Waals surface area contributed by atoms with E-state index in [9.17, 15) is 9.59 Å². The van der Waals surface area contributed by atoms with Crippen LogP contribution in [0.4, 0.5) is 0 Å². The number of hydrogen-bond acceptors (Lipinski definition) is 4. The summed E-state index contributed by atoms with van der Waals surface area (Å²) in [5, 5.41) is 0. The largest absolute Gasteiger partial charge is 0.455 e. The Balaban J connectivity index is 1.48. The van der Waals surface area contributed by atoms with Crippen molar-refractivity contribution in [1.82, 2.24) is 4.90 Å². The second kappa shape index (κ2) is 8.82. The average Bonchev–Trinajstić information content (AvgIpc) is 2.66. The zero-order chi connectivity index (χ0) is 19.2. The standard InChI is InChI=1S/C22H25NO4/c1-16-13-23(14-17(2)27-16)21(24)15-26-22(25)12-18-8-10-20(11-9-18)19-6-4-3-5-7-19/h3-11,16-17H,12-15H2,1-2H3/t16-,17+. The number of amides is 1. The predicted octanol–water partition coefficient (Wildman–Crippen LogP) is 3.08. The van der Waals surface area contributed by atoms with Crippen molar-refractivity contribution in [2.45, 2.75) is 32.5 Å². The second-order valence-electron chi connectivity index (χ2n) is 6.96. The van der Waals surface area contributed by atoms with Gasteiger partial charge >= 0.3 is 5.97 Å². The smallest absolute Gasteiger partial charge is 0.310 e. The number of carbonyl (C=O) groups excluding carboxylic acids is 2. The molecule has 5 nitrogen and oxygen atoms in total. The molecule has 1 saturated heterocycles. The Bertz CT molecular complexity index is 763. The number of hydrogen-bond donors (Lipinski definition) is 0.